The van der Waals surface area contributed by atoms with E-state index < -0.39 is 5.51 Å². The van der Waals surface area contributed by atoms with Crippen molar-refractivity contribution >= 4 is 23.7 Å². The minimum absolute atomic E-state index is 0.0451. The summed E-state index contributed by atoms with van der Waals surface area (Å²) in [4.78, 5) is 11.4. The van der Waals surface area contributed by atoms with Crippen LogP contribution in [0.1, 0.15) is 0 Å². The molecule has 0 unspecified atom stereocenters. The maximum absolute atomic E-state index is 12.2. The first kappa shape index (κ1) is 13.4. The van der Waals surface area contributed by atoms with Crippen LogP contribution in [-0.2, 0) is 0 Å². The SMILES string of the molecule is Nc1nc(N)nc(-c2ccc(SC(F)(F)F)cc2)n1. The summed E-state index contributed by atoms with van der Waals surface area (Å²) in [7, 11) is 0. The lowest BCUT2D eigenvalue weighted by Crippen LogP contribution is -2.04. The van der Waals surface area contributed by atoms with E-state index >= 15 is 0 Å². The molecule has 0 radical (unpaired) electrons. The zero-order valence-corrected chi connectivity index (χ0v) is 10.2. The van der Waals surface area contributed by atoms with Gasteiger partial charge in [-0.05, 0) is 23.9 Å². The summed E-state index contributed by atoms with van der Waals surface area (Å²) < 4.78 is 36.5. The highest BCUT2D eigenvalue weighted by Crippen LogP contribution is 2.37. The molecule has 0 amide bonds. The third kappa shape index (κ3) is 3.71. The quantitative estimate of drug-likeness (QED) is 0.824. The highest BCUT2D eigenvalue weighted by molar-refractivity contribution is 8.00. The third-order valence-corrected chi connectivity index (χ3v) is 2.76. The molecule has 9 heteroatoms. The van der Waals surface area contributed by atoms with E-state index in [1.807, 2.05) is 0 Å². The summed E-state index contributed by atoms with van der Waals surface area (Å²) in [5.74, 6) is 0.126. The fourth-order valence-corrected chi connectivity index (χ4v) is 1.88. The summed E-state index contributed by atoms with van der Waals surface area (Å²) >= 11 is -0.192. The molecule has 0 spiro atoms. The highest BCUT2D eigenvalue weighted by Gasteiger charge is 2.29. The van der Waals surface area contributed by atoms with Gasteiger partial charge < -0.3 is 11.5 Å². The van der Waals surface area contributed by atoms with Gasteiger partial charge in [0, 0.05) is 10.5 Å². The molecular formula is C10H8F3N5S. The Morgan fingerprint density at radius 2 is 1.42 bits per heavy atom. The van der Waals surface area contributed by atoms with E-state index in [0.717, 1.165) is 0 Å². The standard InChI is InChI=1S/C10H8F3N5S/c11-10(12,13)19-6-3-1-5(2-4-6)7-16-8(14)18-9(15)17-7/h1-4H,(H4,14,15,16,17,18). The molecule has 1 aromatic carbocycles. The molecule has 100 valence electrons. The maximum atomic E-state index is 12.2. The van der Waals surface area contributed by atoms with Crippen LogP contribution < -0.4 is 11.5 Å². The lowest BCUT2D eigenvalue weighted by Gasteiger charge is -2.06. The number of alkyl halides is 3. The predicted octanol–water partition coefficient (Wildman–Crippen LogP) is 2.31. The van der Waals surface area contributed by atoms with Crippen molar-refractivity contribution < 1.29 is 13.2 Å². The fraction of sp³-hybridized carbons (Fsp3) is 0.100. The minimum atomic E-state index is -4.32. The van der Waals surface area contributed by atoms with Gasteiger partial charge in [0.2, 0.25) is 11.9 Å². The normalized spacial score (nSPS) is 11.5. The Morgan fingerprint density at radius 3 is 1.89 bits per heavy atom. The van der Waals surface area contributed by atoms with E-state index in [4.69, 9.17) is 11.5 Å². The van der Waals surface area contributed by atoms with Crippen LogP contribution in [0.4, 0.5) is 25.1 Å². The van der Waals surface area contributed by atoms with E-state index in [1.54, 1.807) is 0 Å². The fourth-order valence-electron chi connectivity index (χ4n) is 1.34. The van der Waals surface area contributed by atoms with Crippen LogP contribution in [0.5, 0.6) is 0 Å². The summed E-state index contributed by atoms with van der Waals surface area (Å²) in [5, 5.41) is 0. The van der Waals surface area contributed by atoms with Crippen molar-refractivity contribution in [2.45, 2.75) is 10.4 Å². The lowest BCUT2D eigenvalue weighted by atomic mass is 10.2. The number of thioether (sulfide) groups is 1. The number of nitrogens with zero attached hydrogens (tertiary/aromatic N) is 3. The average molecular weight is 287 g/mol. The van der Waals surface area contributed by atoms with Gasteiger partial charge in [-0.1, -0.05) is 12.1 Å². The zero-order chi connectivity index (χ0) is 14.0. The van der Waals surface area contributed by atoms with Gasteiger partial charge in [-0.2, -0.15) is 28.1 Å². The summed E-state index contributed by atoms with van der Waals surface area (Å²) in [6.45, 7) is 0. The van der Waals surface area contributed by atoms with Gasteiger partial charge in [-0.25, -0.2) is 0 Å². The number of benzene rings is 1. The van der Waals surface area contributed by atoms with Gasteiger partial charge in [-0.3, -0.25) is 0 Å². The second-order valence-electron chi connectivity index (χ2n) is 3.45. The van der Waals surface area contributed by atoms with Crippen LogP contribution in [0.15, 0.2) is 29.2 Å². The van der Waals surface area contributed by atoms with Gasteiger partial charge in [-0.15, -0.1) is 0 Å². The number of rotatable bonds is 2. The number of hydrogen-bond donors (Lipinski definition) is 2. The molecule has 0 fully saturated rings. The number of nitrogens with two attached hydrogens (primary N) is 2. The molecular weight excluding hydrogens is 279 g/mol. The summed E-state index contributed by atoms with van der Waals surface area (Å²) in [5.41, 5.74) is 7.02. The lowest BCUT2D eigenvalue weighted by molar-refractivity contribution is -0.0328. The van der Waals surface area contributed by atoms with Crippen molar-refractivity contribution in [2.75, 3.05) is 11.5 Å². The largest absolute Gasteiger partial charge is 0.446 e. The van der Waals surface area contributed by atoms with Crippen LogP contribution in [0, 0.1) is 0 Å². The van der Waals surface area contributed by atoms with Crippen molar-refractivity contribution in [1.82, 2.24) is 15.0 Å². The number of halogens is 3. The Kier molecular flexibility index (Phi) is 3.47. The number of aromatic nitrogens is 3. The van der Waals surface area contributed by atoms with E-state index in [2.05, 4.69) is 15.0 Å². The minimum Gasteiger partial charge on any atom is -0.368 e. The number of anilines is 2. The smallest absolute Gasteiger partial charge is 0.368 e. The summed E-state index contributed by atoms with van der Waals surface area (Å²) in [6.07, 6.45) is 0. The van der Waals surface area contributed by atoms with Crippen molar-refractivity contribution in [1.29, 1.82) is 0 Å². The predicted molar refractivity (Wildman–Crippen MR) is 66.0 cm³/mol. The molecule has 0 aliphatic rings. The molecule has 0 saturated heterocycles. The molecule has 2 rings (SSSR count). The van der Waals surface area contributed by atoms with Gasteiger partial charge in [0.15, 0.2) is 5.82 Å². The van der Waals surface area contributed by atoms with E-state index in [-0.39, 0.29) is 34.4 Å². The third-order valence-electron chi connectivity index (χ3n) is 2.02. The first-order chi connectivity index (χ1) is 8.83. The second kappa shape index (κ2) is 4.92. The monoisotopic (exact) mass is 287 g/mol. The van der Waals surface area contributed by atoms with Gasteiger partial charge >= 0.3 is 5.51 Å². The van der Waals surface area contributed by atoms with Crippen LogP contribution in [0.25, 0.3) is 11.4 Å². The molecule has 5 nitrogen and oxygen atoms in total. The van der Waals surface area contributed by atoms with E-state index in [0.29, 0.717) is 5.56 Å². The van der Waals surface area contributed by atoms with Crippen molar-refractivity contribution in [2.24, 2.45) is 0 Å². The molecule has 1 heterocycles. The molecule has 4 N–H and O–H groups in total. The second-order valence-corrected chi connectivity index (χ2v) is 4.59. The van der Waals surface area contributed by atoms with Gasteiger partial charge in [0.05, 0.1) is 0 Å². The average Bonchev–Trinajstić information content (AvgIpc) is 2.26. The highest BCUT2D eigenvalue weighted by atomic mass is 32.2. The Morgan fingerprint density at radius 1 is 0.895 bits per heavy atom. The molecule has 0 bridgehead atoms. The molecule has 2 aromatic rings. The summed E-state index contributed by atoms with van der Waals surface area (Å²) in [6, 6.07) is 5.57. The van der Waals surface area contributed by atoms with Crippen LogP contribution in [0.3, 0.4) is 0 Å². The van der Waals surface area contributed by atoms with E-state index in [1.165, 1.54) is 24.3 Å². The molecule has 1 aromatic heterocycles. The molecule has 0 aliphatic heterocycles. The van der Waals surface area contributed by atoms with Gasteiger partial charge in [0.25, 0.3) is 0 Å². The van der Waals surface area contributed by atoms with Crippen LogP contribution in [-0.4, -0.2) is 20.5 Å². The maximum Gasteiger partial charge on any atom is 0.446 e. The van der Waals surface area contributed by atoms with Crippen molar-refractivity contribution in [3.63, 3.8) is 0 Å². The first-order valence-electron chi connectivity index (χ1n) is 4.97. The number of nitrogen functional groups attached to an aromatic ring is 2. The molecule has 0 atom stereocenters. The first-order valence-corrected chi connectivity index (χ1v) is 5.78. The Hall–Kier alpha value is -2.03. The Balaban J connectivity index is 2.27. The number of hydrogen-bond acceptors (Lipinski definition) is 6. The Labute approximate surface area is 110 Å². The molecule has 19 heavy (non-hydrogen) atoms. The van der Waals surface area contributed by atoms with Crippen LogP contribution >= 0.6 is 11.8 Å². The van der Waals surface area contributed by atoms with Crippen molar-refractivity contribution in [3.8, 4) is 11.4 Å². The Bertz CT molecular complexity index is 564. The zero-order valence-electron chi connectivity index (χ0n) is 9.35. The van der Waals surface area contributed by atoms with Gasteiger partial charge in [0.1, 0.15) is 0 Å². The van der Waals surface area contributed by atoms with Crippen molar-refractivity contribution in [3.05, 3.63) is 24.3 Å². The van der Waals surface area contributed by atoms with Crippen LogP contribution in [0.2, 0.25) is 0 Å². The molecule has 0 saturated carbocycles. The molecule has 0 aliphatic carbocycles. The topological polar surface area (TPSA) is 90.7 Å². The van der Waals surface area contributed by atoms with E-state index in [9.17, 15) is 13.2 Å².